The topological polar surface area (TPSA) is 81.7 Å². The van der Waals surface area contributed by atoms with Gasteiger partial charge in [0, 0.05) is 16.3 Å². The van der Waals surface area contributed by atoms with E-state index in [0.29, 0.717) is 22.0 Å². The van der Waals surface area contributed by atoms with Crippen LogP contribution in [-0.2, 0) is 14.3 Å². The lowest BCUT2D eigenvalue weighted by atomic mass is 10.1. The highest BCUT2D eigenvalue weighted by atomic mass is 35.5. The summed E-state index contributed by atoms with van der Waals surface area (Å²) in [7, 11) is 0. The van der Waals surface area contributed by atoms with Crippen LogP contribution in [0, 0.1) is 0 Å². The molecule has 0 radical (unpaired) electrons. The lowest BCUT2D eigenvalue weighted by Gasteiger charge is -2.14. The summed E-state index contributed by atoms with van der Waals surface area (Å²) in [5.74, 6) is -0.807. The lowest BCUT2D eigenvalue weighted by molar-refractivity contribution is -0.155. The van der Waals surface area contributed by atoms with Gasteiger partial charge in [0.2, 0.25) is 0 Å². The summed E-state index contributed by atoms with van der Waals surface area (Å²) in [4.78, 5) is 35.1. The molecule has 0 aromatic heterocycles. The third-order valence-electron chi connectivity index (χ3n) is 3.39. The first-order chi connectivity index (χ1) is 12.3. The Hall–Kier alpha value is -2.86. The lowest BCUT2D eigenvalue weighted by Crippen LogP contribution is -2.31. The number of halogens is 1. The Morgan fingerprint density at radius 3 is 2.42 bits per heavy atom. The van der Waals surface area contributed by atoms with Gasteiger partial charge in [0.05, 0.1) is 0 Å². The number of esters is 1. The molecule has 0 saturated carbocycles. The zero-order valence-corrected chi connectivity index (χ0v) is 15.1. The average Bonchev–Trinajstić information content (AvgIpc) is 2.60. The molecule has 7 heteroatoms. The molecule has 1 atom stereocenters. The van der Waals surface area contributed by atoms with Crippen LogP contribution in [0.25, 0.3) is 0 Å². The second-order valence-electron chi connectivity index (χ2n) is 5.50. The molecule has 1 N–H and O–H groups in total. The fourth-order valence-corrected chi connectivity index (χ4v) is 2.20. The van der Waals surface area contributed by atoms with Crippen molar-refractivity contribution in [3.63, 3.8) is 0 Å². The van der Waals surface area contributed by atoms with Crippen LogP contribution in [-0.4, -0.2) is 30.4 Å². The summed E-state index contributed by atoms with van der Waals surface area (Å²) in [6, 6.07) is 13.0. The highest BCUT2D eigenvalue weighted by Crippen LogP contribution is 2.17. The Morgan fingerprint density at radius 2 is 1.81 bits per heavy atom. The van der Waals surface area contributed by atoms with Crippen LogP contribution < -0.4 is 10.1 Å². The van der Waals surface area contributed by atoms with Crippen molar-refractivity contribution in [1.82, 2.24) is 0 Å². The first-order valence-electron chi connectivity index (χ1n) is 7.85. The number of carbonyl (C=O) groups excluding carboxylic acids is 3. The number of amides is 1. The van der Waals surface area contributed by atoms with E-state index in [9.17, 15) is 14.4 Å². The minimum atomic E-state index is -1.00. The molecule has 0 unspecified atom stereocenters. The Labute approximate surface area is 156 Å². The number of nitrogens with one attached hydrogen (secondary N) is 1. The molecule has 0 spiro atoms. The van der Waals surface area contributed by atoms with Gasteiger partial charge in [-0.1, -0.05) is 17.7 Å². The van der Waals surface area contributed by atoms with Crippen molar-refractivity contribution in [2.75, 3.05) is 11.9 Å². The van der Waals surface area contributed by atoms with Gasteiger partial charge in [0.15, 0.2) is 18.5 Å². The van der Waals surface area contributed by atoms with Gasteiger partial charge in [-0.05, 0) is 56.3 Å². The summed E-state index contributed by atoms with van der Waals surface area (Å²) in [6.45, 7) is 2.57. The molecule has 0 aliphatic rings. The third kappa shape index (κ3) is 5.89. The SMILES string of the molecule is CC(=O)c1ccc(NC(=O)[C@H](C)OC(=O)COc2cccc(Cl)c2)cc1. The zero-order chi connectivity index (χ0) is 19.1. The molecule has 6 nitrogen and oxygen atoms in total. The molecule has 2 rings (SSSR count). The summed E-state index contributed by atoms with van der Waals surface area (Å²) >= 11 is 5.82. The summed E-state index contributed by atoms with van der Waals surface area (Å²) in [5, 5.41) is 3.09. The Balaban J connectivity index is 1.82. The molecule has 0 aliphatic carbocycles. The fourth-order valence-electron chi connectivity index (χ4n) is 2.02. The molecule has 0 aliphatic heterocycles. The highest BCUT2D eigenvalue weighted by Gasteiger charge is 2.18. The minimum absolute atomic E-state index is 0.0649. The molecule has 0 bridgehead atoms. The Bertz CT molecular complexity index is 804. The molecule has 0 fully saturated rings. The number of rotatable bonds is 7. The summed E-state index contributed by atoms with van der Waals surface area (Å²) < 4.78 is 10.3. The van der Waals surface area contributed by atoms with E-state index < -0.39 is 18.0 Å². The molecule has 2 aromatic rings. The molecule has 2 aromatic carbocycles. The third-order valence-corrected chi connectivity index (χ3v) is 3.62. The molecular weight excluding hydrogens is 358 g/mol. The summed E-state index contributed by atoms with van der Waals surface area (Å²) in [5.41, 5.74) is 1.04. The van der Waals surface area contributed by atoms with E-state index >= 15 is 0 Å². The van der Waals surface area contributed by atoms with Crippen LogP contribution >= 0.6 is 11.6 Å². The number of Topliss-reactive ketones (excluding diaryl/α,β-unsaturated/α-hetero) is 1. The van der Waals surface area contributed by atoms with Crippen LogP contribution in [0.5, 0.6) is 5.75 Å². The van der Waals surface area contributed by atoms with Gasteiger partial charge in [-0.3, -0.25) is 9.59 Å². The highest BCUT2D eigenvalue weighted by molar-refractivity contribution is 6.30. The van der Waals surface area contributed by atoms with Crippen molar-refractivity contribution in [2.24, 2.45) is 0 Å². The maximum Gasteiger partial charge on any atom is 0.344 e. The minimum Gasteiger partial charge on any atom is -0.482 e. The zero-order valence-electron chi connectivity index (χ0n) is 14.3. The molecule has 0 saturated heterocycles. The van der Waals surface area contributed by atoms with Gasteiger partial charge in [-0.15, -0.1) is 0 Å². The van der Waals surface area contributed by atoms with E-state index in [2.05, 4.69) is 5.32 Å². The molecule has 26 heavy (non-hydrogen) atoms. The normalized spacial score (nSPS) is 11.3. The van der Waals surface area contributed by atoms with E-state index in [1.54, 1.807) is 48.5 Å². The van der Waals surface area contributed by atoms with Gasteiger partial charge < -0.3 is 14.8 Å². The maximum atomic E-state index is 12.1. The van der Waals surface area contributed by atoms with Crippen LogP contribution in [0.3, 0.4) is 0 Å². The van der Waals surface area contributed by atoms with Gasteiger partial charge in [0.25, 0.3) is 5.91 Å². The van der Waals surface area contributed by atoms with Crippen molar-refractivity contribution in [1.29, 1.82) is 0 Å². The molecule has 1 amide bonds. The summed E-state index contributed by atoms with van der Waals surface area (Å²) in [6.07, 6.45) is -1.00. The van der Waals surface area contributed by atoms with Crippen molar-refractivity contribution in [2.45, 2.75) is 20.0 Å². The number of hydrogen-bond acceptors (Lipinski definition) is 5. The van der Waals surface area contributed by atoms with E-state index in [0.717, 1.165) is 0 Å². The smallest absolute Gasteiger partial charge is 0.344 e. The van der Waals surface area contributed by atoms with Crippen molar-refractivity contribution in [3.8, 4) is 5.75 Å². The average molecular weight is 376 g/mol. The first kappa shape index (κ1) is 19.5. The van der Waals surface area contributed by atoms with Gasteiger partial charge in [0.1, 0.15) is 5.75 Å². The number of ketones is 1. The van der Waals surface area contributed by atoms with Gasteiger partial charge in [-0.25, -0.2) is 4.79 Å². The molecule has 0 heterocycles. The quantitative estimate of drug-likeness (QED) is 0.591. The first-order valence-corrected chi connectivity index (χ1v) is 8.22. The fraction of sp³-hybridized carbons (Fsp3) is 0.211. The maximum absolute atomic E-state index is 12.1. The number of hydrogen-bond donors (Lipinski definition) is 1. The Kier molecular flexibility index (Phi) is 6.74. The predicted molar refractivity (Wildman–Crippen MR) is 97.6 cm³/mol. The molecule has 136 valence electrons. The largest absolute Gasteiger partial charge is 0.482 e. The van der Waals surface area contributed by atoms with Crippen molar-refractivity contribution >= 4 is 34.9 Å². The number of carbonyl (C=O) groups is 3. The van der Waals surface area contributed by atoms with Crippen LogP contribution in [0.2, 0.25) is 5.02 Å². The van der Waals surface area contributed by atoms with Gasteiger partial charge in [-0.2, -0.15) is 0 Å². The predicted octanol–water partition coefficient (Wildman–Crippen LogP) is 3.49. The Morgan fingerprint density at radius 1 is 1.12 bits per heavy atom. The number of ether oxygens (including phenoxy) is 2. The van der Waals surface area contributed by atoms with Crippen LogP contribution in [0.15, 0.2) is 48.5 Å². The van der Waals surface area contributed by atoms with Crippen molar-refractivity contribution < 1.29 is 23.9 Å². The standard InChI is InChI=1S/C19H18ClNO5/c1-12(22)14-6-8-16(9-7-14)21-19(24)13(2)26-18(23)11-25-17-5-3-4-15(20)10-17/h3-10,13H,11H2,1-2H3,(H,21,24)/t13-/m0/s1. The van der Waals surface area contributed by atoms with Gasteiger partial charge >= 0.3 is 5.97 Å². The van der Waals surface area contributed by atoms with Crippen LogP contribution in [0.4, 0.5) is 5.69 Å². The van der Waals surface area contributed by atoms with E-state index in [1.807, 2.05) is 0 Å². The second-order valence-corrected chi connectivity index (χ2v) is 5.94. The second kappa shape index (κ2) is 9.01. The monoisotopic (exact) mass is 375 g/mol. The van der Waals surface area contributed by atoms with E-state index in [4.69, 9.17) is 21.1 Å². The van der Waals surface area contributed by atoms with E-state index in [-0.39, 0.29) is 12.4 Å². The van der Waals surface area contributed by atoms with Crippen molar-refractivity contribution in [3.05, 3.63) is 59.1 Å². The van der Waals surface area contributed by atoms with E-state index in [1.165, 1.54) is 13.8 Å². The van der Waals surface area contributed by atoms with Crippen LogP contribution in [0.1, 0.15) is 24.2 Å². The number of benzene rings is 2. The number of anilines is 1. The molecular formula is C19H18ClNO5.